The molecular weight excluding hydrogens is 202 g/mol. The van der Waals surface area contributed by atoms with E-state index in [1.807, 2.05) is 0 Å². The van der Waals surface area contributed by atoms with Crippen molar-refractivity contribution in [2.75, 3.05) is 25.4 Å². The van der Waals surface area contributed by atoms with E-state index in [4.69, 9.17) is 0 Å². The number of rotatable bonds is 3. The molecule has 1 fully saturated rings. The fourth-order valence-corrected chi connectivity index (χ4v) is 2.68. The standard InChI is InChI=1S/C13H27NS/c1-13(2,3)12-6-4-8-14(10-7-12)9-5-11-15/h12,15H,4-11H2,1-3H3. The Labute approximate surface area is 101 Å². The van der Waals surface area contributed by atoms with Crippen LogP contribution in [0.3, 0.4) is 0 Å². The Morgan fingerprint density at radius 3 is 2.53 bits per heavy atom. The van der Waals surface area contributed by atoms with E-state index in [9.17, 15) is 0 Å². The Balaban J connectivity index is 2.35. The summed E-state index contributed by atoms with van der Waals surface area (Å²) in [5.74, 6) is 1.94. The van der Waals surface area contributed by atoms with Crippen molar-refractivity contribution in [1.29, 1.82) is 0 Å². The van der Waals surface area contributed by atoms with Crippen molar-refractivity contribution in [2.45, 2.75) is 46.5 Å². The van der Waals surface area contributed by atoms with Gasteiger partial charge >= 0.3 is 0 Å². The lowest BCUT2D eigenvalue weighted by Crippen LogP contribution is -2.27. The lowest BCUT2D eigenvalue weighted by atomic mass is 9.77. The van der Waals surface area contributed by atoms with Crippen LogP contribution in [0, 0.1) is 11.3 Å². The molecule has 0 bridgehead atoms. The van der Waals surface area contributed by atoms with Gasteiger partial charge in [-0.25, -0.2) is 0 Å². The van der Waals surface area contributed by atoms with E-state index < -0.39 is 0 Å². The van der Waals surface area contributed by atoms with E-state index in [1.165, 1.54) is 45.3 Å². The van der Waals surface area contributed by atoms with Gasteiger partial charge in [0, 0.05) is 0 Å². The smallest absolute Gasteiger partial charge is 0.00110 e. The molecule has 0 aromatic rings. The number of hydrogen-bond donors (Lipinski definition) is 1. The molecule has 0 aromatic carbocycles. The van der Waals surface area contributed by atoms with Crippen LogP contribution in [0.25, 0.3) is 0 Å². The highest BCUT2D eigenvalue weighted by atomic mass is 32.1. The van der Waals surface area contributed by atoms with Gasteiger partial charge in [-0.2, -0.15) is 12.6 Å². The lowest BCUT2D eigenvalue weighted by molar-refractivity contribution is 0.208. The molecule has 1 aliphatic heterocycles. The average Bonchev–Trinajstić information content (AvgIpc) is 2.38. The van der Waals surface area contributed by atoms with Gasteiger partial charge < -0.3 is 4.90 Å². The maximum Gasteiger partial charge on any atom is -0.00110 e. The van der Waals surface area contributed by atoms with Gasteiger partial charge in [0.2, 0.25) is 0 Å². The SMILES string of the molecule is CC(C)(C)C1CCCN(CCCS)CC1. The molecule has 1 saturated heterocycles. The fourth-order valence-electron chi connectivity index (χ4n) is 2.54. The molecule has 0 aromatic heterocycles. The molecule has 1 unspecified atom stereocenters. The summed E-state index contributed by atoms with van der Waals surface area (Å²) in [6, 6.07) is 0. The van der Waals surface area contributed by atoms with Crippen LogP contribution in [0.2, 0.25) is 0 Å². The van der Waals surface area contributed by atoms with E-state index in [2.05, 4.69) is 38.3 Å². The zero-order valence-corrected chi connectivity index (χ0v) is 11.5. The predicted octanol–water partition coefficient (Wildman–Crippen LogP) is 3.45. The average molecular weight is 229 g/mol. The molecule has 0 saturated carbocycles. The first-order valence-electron chi connectivity index (χ1n) is 6.37. The van der Waals surface area contributed by atoms with Crippen molar-refractivity contribution in [2.24, 2.45) is 11.3 Å². The maximum atomic E-state index is 4.28. The van der Waals surface area contributed by atoms with Crippen LogP contribution in [-0.4, -0.2) is 30.3 Å². The van der Waals surface area contributed by atoms with Crippen molar-refractivity contribution in [1.82, 2.24) is 4.90 Å². The molecule has 0 radical (unpaired) electrons. The Bertz CT molecular complexity index is 174. The normalized spacial score (nSPS) is 25.2. The van der Waals surface area contributed by atoms with Crippen molar-refractivity contribution >= 4 is 12.6 Å². The van der Waals surface area contributed by atoms with E-state index in [-0.39, 0.29) is 0 Å². The maximum absolute atomic E-state index is 4.28. The Morgan fingerprint density at radius 2 is 1.93 bits per heavy atom. The zero-order valence-electron chi connectivity index (χ0n) is 10.6. The van der Waals surface area contributed by atoms with Gasteiger partial charge in [-0.05, 0) is 62.4 Å². The minimum Gasteiger partial charge on any atom is -0.303 e. The molecular formula is C13H27NS. The second-order valence-electron chi connectivity index (χ2n) is 5.91. The van der Waals surface area contributed by atoms with Crippen LogP contribution in [0.1, 0.15) is 46.5 Å². The van der Waals surface area contributed by atoms with Crippen molar-refractivity contribution in [3.8, 4) is 0 Å². The molecule has 1 heterocycles. The van der Waals surface area contributed by atoms with Crippen molar-refractivity contribution in [3.63, 3.8) is 0 Å². The molecule has 15 heavy (non-hydrogen) atoms. The Hall–Kier alpha value is 0.310. The van der Waals surface area contributed by atoms with Gasteiger partial charge in [0.25, 0.3) is 0 Å². The number of thiol groups is 1. The first kappa shape index (κ1) is 13.4. The van der Waals surface area contributed by atoms with Gasteiger partial charge in [0.1, 0.15) is 0 Å². The van der Waals surface area contributed by atoms with Crippen LogP contribution >= 0.6 is 12.6 Å². The molecule has 1 aliphatic rings. The van der Waals surface area contributed by atoms with E-state index >= 15 is 0 Å². The summed E-state index contributed by atoms with van der Waals surface area (Å²) >= 11 is 4.28. The summed E-state index contributed by atoms with van der Waals surface area (Å²) in [5, 5.41) is 0. The summed E-state index contributed by atoms with van der Waals surface area (Å²) in [7, 11) is 0. The van der Waals surface area contributed by atoms with Gasteiger partial charge in [-0.15, -0.1) is 0 Å². The molecule has 0 N–H and O–H groups in total. The molecule has 0 amide bonds. The highest BCUT2D eigenvalue weighted by Gasteiger charge is 2.26. The molecule has 1 rings (SSSR count). The summed E-state index contributed by atoms with van der Waals surface area (Å²) in [6.07, 6.45) is 5.43. The molecule has 90 valence electrons. The third-order valence-corrected chi connectivity index (χ3v) is 3.99. The Morgan fingerprint density at radius 1 is 1.20 bits per heavy atom. The third-order valence-electron chi connectivity index (χ3n) is 3.68. The summed E-state index contributed by atoms with van der Waals surface area (Å²) in [6.45, 7) is 11.0. The largest absolute Gasteiger partial charge is 0.303 e. The molecule has 0 spiro atoms. The first-order chi connectivity index (χ1) is 7.04. The highest BCUT2D eigenvalue weighted by Crippen LogP contribution is 2.34. The van der Waals surface area contributed by atoms with Crippen LogP contribution in [0.4, 0.5) is 0 Å². The first-order valence-corrected chi connectivity index (χ1v) is 7.00. The van der Waals surface area contributed by atoms with E-state index in [0.29, 0.717) is 5.41 Å². The second-order valence-corrected chi connectivity index (χ2v) is 6.36. The topological polar surface area (TPSA) is 3.24 Å². The van der Waals surface area contributed by atoms with Crippen LogP contribution < -0.4 is 0 Å². The van der Waals surface area contributed by atoms with Crippen molar-refractivity contribution in [3.05, 3.63) is 0 Å². The minimum atomic E-state index is 0.500. The third kappa shape index (κ3) is 4.78. The lowest BCUT2D eigenvalue weighted by Gasteiger charge is -2.29. The van der Waals surface area contributed by atoms with Gasteiger partial charge in [0.05, 0.1) is 0 Å². The highest BCUT2D eigenvalue weighted by molar-refractivity contribution is 7.80. The van der Waals surface area contributed by atoms with Crippen LogP contribution in [0.5, 0.6) is 0 Å². The predicted molar refractivity (Wildman–Crippen MR) is 71.7 cm³/mol. The van der Waals surface area contributed by atoms with E-state index in [1.54, 1.807) is 0 Å². The van der Waals surface area contributed by atoms with Gasteiger partial charge in [0.15, 0.2) is 0 Å². The quantitative estimate of drug-likeness (QED) is 0.726. The summed E-state index contributed by atoms with van der Waals surface area (Å²) in [5.41, 5.74) is 0.500. The number of nitrogens with zero attached hydrogens (tertiary/aromatic N) is 1. The van der Waals surface area contributed by atoms with Crippen LogP contribution in [0.15, 0.2) is 0 Å². The van der Waals surface area contributed by atoms with E-state index in [0.717, 1.165) is 11.7 Å². The monoisotopic (exact) mass is 229 g/mol. The van der Waals surface area contributed by atoms with Crippen molar-refractivity contribution < 1.29 is 0 Å². The Kier molecular flexibility index (Phi) is 5.48. The molecule has 2 heteroatoms. The molecule has 1 nitrogen and oxygen atoms in total. The fraction of sp³-hybridized carbons (Fsp3) is 1.00. The number of likely N-dealkylation sites (tertiary alicyclic amines) is 1. The number of hydrogen-bond acceptors (Lipinski definition) is 2. The second kappa shape index (κ2) is 6.15. The molecule has 0 aliphatic carbocycles. The minimum absolute atomic E-state index is 0.500. The summed E-state index contributed by atoms with van der Waals surface area (Å²) < 4.78 is 0. The van der Waals surface area contributed by atoms with Gasteiger partial charge in [-0.3, -0.25) is 0 Å². The zero-order chi connectivity index (χ0) is 11.3. The molecule has 1 atom stereocenters. The van der Waals surface area contributed by atoms with Gasteiger partial charge in [-0.1, -0.05) is 20.8 Å². The van der Waals surface area contributed by atoms with Crippen LogP contribution in [-0.2, 0) is 0 Å². The summed E-state index contributed by atoms with van der Waals surface area (Å²) in [4.78, 5) is 2.63.